The van der Waals surface area contributed by atoms with E-state index < -0.39 is 11.0 Å². The first kappa shape index (κ1) is 18.3. The maximum atomic E-state index is 12.7. The number of ether oxygens (including phenoxy) is 1. The van der Waals surface area contributed by atoms with Crippen LogP contribution in [0, 0.1) is 5.41 Å². The predicted octanol–water partition coefficient (Wildman–Crippen LogP) is 4.83. The van der Waals surface area contributed by atoms with Crippen molar-refractivity contribution in [3.8, 4) is 0 Å². The van der Waals surface area contributed by atoms with Crippen LogP contribution in [0.1, 0.15) is 57.6 Å². The smallest absolute Gasteiger partial charge is 0.145 e. The molecule has 0 N–H and O–H groups in total. The number of methoxy groups -OCH3 is 1. The van der Waals surface area contributed by atoms with Gasteiger partial charge in [0.1, 0.15) is 11.0 Å². The van der Waals surface area contributed by atoms with Crippen molar-refractivity contribution >= 4 is 32.6 Å². The number of hydrogen-bond acceptors (Lipinski definition) is 2. The summed E-state index contributed by atoms with van der Waals surface area (Å²) in [7, 11) is 0.561. The lowest BCUT2D eigenvalue weighted by atomic mass is 9.70. The van der Waals surface area contributed by atoms with Gasteiger partial charge in [0.05, 0.1) is 16.6 Å². The number of benzene rings is 1. The van der Waals surface area contributed by atoms with Crippen LogP contribution in [0.3, 0.4) is 0 Å². The fourth-order valence-electron chi connectivity index (χ4n) is 3.82. The molecule has 2 aliphatic rings. The summed E-state index contributed by atoms with van der Waals surface area (Å²) in [5.41, 5.74) is 3.59. The minimum Gasteiger partial charge on any atom is -0.381 e. The lowest BCUT2D eigenvalue weighted by Gasteiger charge is -2.37. The van der Waals surface area contributed by atoms with Gasteiger partial charge >= 0.3 is 0 Å². The van der Waals surface area contributed by atoms with Crippen molar-refractivity contribution in [2.75, 3.05) is 7.11 Å². The van der Waals surface area contributed by atoms with Crippen LogP contribution in [-0.2, 0) is 22.1 Å². The molecule has 3 rings (SSSR count). The van der Waals surface area contributed by atoms with E-state index in [4.69, 9.17) is 9.13 Å². The first-order valence-corrected chi connectivity index (χ1v) is 10.5. The van der Waals surface area contributed by atoms with E-state index in [1.165, 1.54) is 11.1 Å². The first-order chi connectivity index (χ1) is 11.2. The number of halogens is 1. The lowest BCUT2D eigenvalue weighted by molar-refractivity contribution is 0.0468. The van der Waals surface area contributed by atoms with Gasteiger partial charge in [-0.1, -0.05) is 22.0 Å². The second-order valence-corrected chi connectivity index (χ2v) is 10.8. The molecule has 0 unspecified atom stereocenters. The third-order valence-corrected chi connectivity index (χ3v) is 7.17. The van der Waals surface area contributed by atoms with Crippen molar-refractivity contribution in [1.29, 1.82) is 0 Å². The van der Waals surface area contributed by atoms with Gasteiger partial charge in [0.2, 0.25) is 0 Å². The molecule has 0 saturated heterocycles. The van der Waals surface area contributed by atoms with Gasteiger partial charge in [-0.05, 0) is 70.6 Å². The van der Waals surface area contributed by atoms with Crippen molar-refractivity contribution in [2.24, 2.45) is 9.81 Å². The lowest BCUT2D eigenvalue weighted by Crippen LogP contribution is -2.36. The zero-order valence-electron chi connectivity index (χ0n) is 14.9. The van der Waals surface area contributed by atoms with E-state index in [0.717, 1.165) is 42.3 Å². The molecule has 132 valence electrons. The Hall–Kier alpha value is -0.520. The van der Waals surface area contributed by atoms with E-state index in [2.05, 4.69) is 34.1 Å². The van der Waals surface area contributed by atoms with Gasteiger partial charge in [0.25, 0.3) is 0 Å². The monoisotopic (exact) mass is 411 g/mol. The van der Waals surface area contributed by atoms with E-state index in [1.807, 2.05) is 20.8 Å². The van der Waals surface area contributed by atoms with Crippen LogP contribution in [-0.4, -0.2) is 27.9 Å². The van der Waals surface area contributed by atoms with Crippen molar-refractivity contribution < 1.29 is 8.95 Å². The van der Waals surface area contributed by atoms with E-state index in [9.17, 15) is 4.21 Å². The summed E-state index contributed by atoms with van der Waals surface area (Å²) in [6.45, 7) is 5.95. The number of fused-ring (bicyclic) bond motifs is 1. The van der Waals surface area contributed by atoms with Crippen LogP contribution >= 0.6 is 15.9 Å². The SMILES string of the molecule is COC1CCC2(CC1)Cc1ccc(Br)cc1/C2=N/[S@](=O)C(C)(C)C. The second-order valence-electron chi connectivity index (χ2n) is 8.00. The molecule has 1 aromatic carbocycles. The first-order valence-electron chi connectivity index (χ1n) is 8.58. The van der Waals surface area contributed by atoms with Crippen LogP contribution in [0.2, 0.25) is 0 Å². The summed E-state index contributed by atoms with van der Waals surface area (Å²) in [6, 6.07) is 6.42. The molecular formula is C19H26BrNO2S. The molecule has 0 aromatic heterocycles. The Labute approximate surface area is 156 Å². The summed E-state index contributed by atoms with van der Waals surface area (Å²) in [5.74, 6) is 0. The van der Waals surface area contributed by atoms with Crippen molar-refractivity contribution in [2.45, 2.75) is 63.7 Å². The highest BCUT2D eigenvalue weighted by Gasteiger charge is 2.46. The average Bonchev–Trinajstić information content (AvgIpc) is 2.81. The molecule has 1 atom stereocenters. The van der Waals surface area contributed by atoms with Gasteiger partial charge in [-0.25, -0.2) is 4.21 Å². The summed E-state index contributed by atoms with van der Waals surface area (Å²) in [6.07, 6.45) is 5.56. The molecule has 1 saturated carbocycles. The van der Waals surface area contributed by atoms with Crippen LogP contribution in [0.25, 0.3) is 0 Å². The fourth-order valence-corrected chi connectivity index (χ4v) is 4.91. The van der Waals surface area contributed by atoms with Gasteiger partial charge in [-0.2, -0.15) is 4.40 Å². The maximum Gasteiger partial charge on any atom is 0.145 e. The zero-order valence-corrected chi connectivity index (χ0v) is 17.3. The fraction of sp³-hybridized carbons (Fsp3) is 0.632. The molecule has 1 fully saturated rings. The maximum absolute atomic E-state index is 12.7. The third kappa shape index (κ3) is 3.40. The molecule has 1 aromatic rings. The Morgan fingerprint density at radius 3 is 2.54 bits per heavy atom. The molecule has 0 radical (unpaired) electrons. The molecule has 1 spiro atoms. The number of hydrogen-bond donors (Lipinski definition) is 0. The molecule has 24 heavy (non-hydrogen) atoms. The highest BCUT2D eigenvalue weighted by Crippen LogP contribution is 2.49. The number of rotatable bonds is 2. The third-order valence-electron chi connectivity index (χ3n) is 5.28. The average molecular weight is 412 g/mol. The highest BCUT2D eigenvalue weighted by molar-refractivity contribution is 9.10. The van der Waals surface area contributed by atoms with E-state index in [0.29, 0.717) is 6.10 Å². The minimum atomic E-state index is -1.24. The minimum absolute atomic E-state index is 0.0269. The van der Waals surface area contributed by atoms with E-state index in [-0.39, 0.29) is 10.2 Å². The van der Waals surface area contributed by atoms with Gasteiger partial charge in [0, 0.05) is 22.6 Å². The van der Waals surface area contributed by atoms with Gasteiger partial charge in [-0.15, -0.1) is 0 Å². The van der Waals surface area contributed by atoms with Crippen LogP contribution in [0.4, 0.5) is 0 Å². The van der Waals surface area contributed by atoms with Crippen LogP contribution in [0.15, 0.2) is 27.1 Å². The summed E-state index contributed by atoms with van der Waals surface area (Å²) in [4.78, 5) is 0. The molecule has 0 heterocycles. The van der Waals surface area contributed by atoms with E-state index in [1.54, 1.807) is 7.11 Å². The van der Waals surface area contributed by atoms with Crippen molar-refractivity contribution in [3.05, 3.63) is 33.8 Å². The van der Waals surface area contributed by atoms with Gasteiger partial charge in [0.15, 0.2) is 0 Å². The normalized spacial score (nSPS) is 29.9. The Morgan fingerprint density at radius 1 is 1.29 bits per heavy atom. The number of nitrogens with zero attached hydrogens (tertiary/aromatic N) is 1. The molecule has 0 amide bonds. The quantitative estimate of drug-likeness (QED) is 0.698. The van der Waals surface area contributed by atoms with Crippen molar-refractivity contribution in [3.63, 3.8) is 0 Å². The molecule has 5 heteroatoms. The topological polar surface area (TPSA) is 38.7 Å². The Bertz CT molecular complexity index is 685. The van der Waals surface area contributed by atoms with Crippen LogP contribution in [0.5, 0.6) is 0 Å². The second kappa shape index (κ2) is 6.65. The molecule has 0 bridgehead atoms. The Morgan fingerprint density at radius 2 is 1.96 bits per heavy atom. The highest BCUT2D eigenvalue weighted by atomic mass is 79.9. The standard InChI is InChI=1S/C19H26BrNO2S/c1-18(2,3)24(22)21-17-16-11-14(20)6-5-13(16)12-19(17)9-7-15(23-4)8-10-19/h5-6,11,15H,7-10,12H2,1-4H3/b21-17-/t15?,19?,24-/m1/s1. The Kier molecular flexibility index (Phi) is 5.07. The van der Waals surface area contributed by atoms with Gasteiger partial charge in [-0.3, -0.25) is 0 Å². The van der Waals surface area contributed by atoms with Crippen molar-refractivity contribution in [1.82, 2.24) is 0 Å². The zero-order chi connectivity index (χ0) is 17.5. The van der Waals surface area contributed by atoms with E-state index >= 15 is 0 Å². The molecule has 0 aliphatic heterocycles. The molecule has 2 aliphatic carbocycles. The molecular weight excluding hydrogens is 386 g/mol. The summed E-state index contributed by atoms with van der Waals surface area (Å²) >= 11 is 3.58. The predicted molar refractivity (Wildman–Crippen MR) is 104 cm³/mol. The van der Waals surface area contributed by atoms with Gasteiger partial charge < -0.3 is 4.74 Å². The summed E-state index contributed by atoms with van der Waals surface area (Å²) < 4.78 is 23.8. The largest absolute Gasteiger partial charge is 0.381 e. The Balaban J connectivity index is 2.04. The molecule has 3 nitrogen and oxygen atoms in total. The summed E-state index contributed by atoms with van der Waals surface area (Å²) in [5, 5.41) is 0. The van der Waals surface area contributed by atoms with Crippen LogP contribution < -0.4 is 0 Å².